The molecule has 0 aliphatic rings. The Hall–Kier alpha value is -6.70. The van der Waals surface area contributed by atoms with Crippen molar-refractivity contribution < 1.29 is 0 Å². The molecular weight excluding hydrogens is 742 g/mol. The van der Waals surface area contributed by atoms with Gasteiger partial charge in [0.05, 0.1) is 0 Å². The minimum absolute atomic E-state index is 0.238. The summed E-state index contributed by atoms with van der Waals surface area (Å²) < 4.78 is 5.36. The van der Waals surface area contributed by atoms with Crippen molar-refractivity contribution in [2.75, 3.05) is 0 Å². The van der Waals surface area contributed by atoms with Crippen LogP contribution in [0.3, 0.4) is 0 Å². The topological polar surface area (TPSA) is 4.93 Å². The summed E-state index contributed by atoms with van der Waals surface area (Å²) in [6.07, 6.45) is 0. The maximum absolute atomic E-state index is 2.43. The predicted octanol–water partition coefficient (Wildman–Crippen LogP) is 14.5. The van der Waals surface area contributed by atoms with Gasteiger partial charge in [-0.25, -0.2) is 0 Å². The fourth-order valence-corrected chi connectivity index (χ4v) is 11.1. The molecule has 0 radical (unpaired) electrons. The van der Waals surface area contributed by atoms with E-state index in [1.807, 2.05) is 0 Å². The second-order valence-corrected chi connectivity index (χ2v) is 16.7. The summed E-state index contributed by atoms with van der Waals surface area (Å²) in [6, 6.07) is 78.2. The minimum atomic E-state index is 0.238. The number of fused-ring (bicyclic) bond motifs is 6. The zero-order valence-electron chi connectivity index (χ0n) is 30.6. The van der Waals surface area contributed by atoms with Crippen molar-refractivity contribution in [3.63, 3.8) is 0 Å². The first-order chi connectivity index (χ1) is 27.7. The summed E-state index contributed by atoms with van der Waals surface area (Å²) in [5.74, 6) is 0. The molecule has 2 heteroatoms. The smallest absolute Gasteiger partial charge is 0.0617 e. The summed E-state index contributed by atoms with van der Waals surface area (Å²) in [5, 5.41) is 5.27. The molecule has 0 saturated heterocycles. The Kier molecular flexibility index (Phi) is 7.91. The van der Waals surface area contributed by atoms with Gasteiger partial charge in [0.2, 0.25) is 0 Å². The third kappa shape index (κ3) is 5.62. The molecule has 2 heterocycles. The third-order valence-corrected chi connectivity index (χ3v) is 13.8. The summed E-state index contributed by atoms with van der Waals surface area (Å²) in [7, 11) is 0. The Balaban J connectivity index is 1.12. The van der Waals surface area contributed by atoms with Crippen LogP contribution in [0.2, 0.25) is 0 Å². The fraction of sp³-hybridized carbons (Fsp3) is 0. The average Bonchev–Trinajstić information content (AvgIpc) is 3.83. The maximum atomic E-state index is 2.43. The van der Waals surface area contributed by atoms with Crippen LogP contribution in [0.4, 0.5) is 0 Å². The standard InChI is InChI=1S/C54H35NSe/c1-3-13-36(14-4-1)38-25-28-45(29-26-38)55-51-23-9-7-19-47(51)48-30-27-41(35-52(48)55)43-32-42(40-18-11-17-39(31-40)37-15-5-2-6-16-37)33-44(34-43)46-21-12-22-50-49-20-8-10-24-53(49)56-54(46)50/h1-35H. The number of benzene rings is 9. The quantitative estimate of drug-likeness (QED) is 0.148. The van der Waals surface area contributed by atoms with E-state index in [1.54, 1.807) is 0 Å². The second-order valence-electron chi connectivity index (χ2n) is 14.5. The van der Waals surface area contributed by atoms with Gasteiger partial charge in [-0.2, -0.15) is 0 Å². The van der Waals surface area contributed by atoms with Gasteiger partial charge in [-0.15, -0.1) is 0 Å². The molecule has 0 saturated carbocycles. The zero-order valence-corrected chi connectivity index (χ0v) is 32.3. The van der Waals surface area contributed by atoms with Crippen molar-refractivity contribution in [3.8, 4) is 61.3 Å². The number of rotatable bonds is 6. The van der Waals surface area contributed by atoms with Crippen LogP contribution in [0.5, 0.6) is 0 Å². The van der Waals surface area contributed by atoms with Crippen LogP contribution in [0.15, 0.2) is 212 Å². The monoisotopic (exact) mass is 777 g/mol. The number of para-hydroxylation sites is 1. The van der Waals surface area contributed by atoms with Crippen molar-refractivity contribution in [2.45, 2.75) is 0 Å². The van der Waals surface area contributed by atoms with Gasteiger partial charge in [-0.1, -0.05) is 30.3 Å². The number of hydrogen-bond acceptors (Lipinski definition) is 0. The van der Waals surface area contributed by atoms with Crippen molar-refractivity contribution in [1.29, 1.82) is 0 Å². The Morgan fingerprint density at radius 2 is 0.786 bits per heavy atom. The molecule has 0 fully saturated rings. The SMILES string of the molecule is c1ccc(-c2ccc(-n3c4ccccc4c4ccc(-c5cc(-c6cccc(-c7ccccc7)c6)cc(-c6cccc7c6[se]c6ccccc67)c5)cc43)cc2)cc1. The molecule has 0 spiro atoms. The number of aromatic nitrogens is 1. The van der Waals surface area contributed by atoms with Gasteiger partial charge in [-0.05, 0) is 11.1 Å². The molecule has 0 aliphatic heterocycles. The molecule has 0 atom stereocenters. The normalized spacial score (nSPS) is 11.6. The molecule has 0 bridgehead atoms. The van der Waals surface area contributed by atoms with Crippen LogP contribution in [0, 0.1) is 0 Å². The van der Waals surface area contributed by atoms with E-state index in [2.05, 4.69) is 217 Å². The van der Waals surface area contributed by atoms with E-state index in [-0.39, 0.29) is 14.5 Å². The van der Waals surface area contributed by atoms with E-state index >= 15 is 0 Å². The molecule has 262 valence electrons. The molecule has 0 unspecified atom stereocenters. The number of hydrogen-bond donors (Lipinski definition) is 0. The Morgan fingerprint density at radius 1 is 0.286 bits per heavy atom. The van der Waals surface area contributed by atoms with E-state index in [4.69, 9.17) is 0 Å². The van der Waals surface area contributed by atoms with Gasteiger partial charge in [0.1, 0.15) is 0 Å². The van der Waals surface area contributed by atoms with Crippen LogP contribution >= 0.6 is 0 Å². The average molecular weight is 777 g/mol. The fourth-order valence-electron chi connectivity index (χ4n) is 8.46. The minimum Gasteiger partial charge on any atom is -0.0617 e. The van der Waals surface area contributed by atoms with E-state index < -0.39 is 0 Å². The predicted molar refractivity (Wildman–Crippen MR) is 240 cm³/mol. The van der Waals surface area contributed by atoms with E-state index in [0.29, 0.717) is 0 Å². The Labute approximate surface area is 332 Å². The molecule has 11 rings (SSSR count). The van der Waals surface area contributed by atoms with Crippen LogP contribution in [-0.4, -0.2) is 19.1 Å². The first-order valence-electron chi connectivity index (χ1n) is 19.2. The summed E-state index contributed by atoms with van der Waals surface area (Å²) >= 11 is 0.238. The molecular formula is C54H35NSe. The van der Waals surface area contributed by atoms with Crippen LogP contribution in [0.1, 0.15) is 0 Å². The molecule has 0 aliphatic carbocycles. The van der Waals surface area contributed by atoms with Crippen molar-refractivity contribution in [3.05, 3.63) is 212 Å². The van der Waals surface area contributed by atoms with Crippen LogP contribution < -0.4 is 0 Å². The second kappa shape index (κ2) is 13.6. The Bertz CT molecular complexity index is 3220. The summed E-state index contributed by atoms with van der Waals surface area (Å²) in [4.78, 5) is 0. The van der Waals surface area contributed by atoms with Gasteiger partial charge in [0, 0.05) is 0 Å². The zero-order chi connectivity index (χ0) is 37.0. The Morgan fingerprint density at radius 3 is 1.55 bits per heavy atom. The van der Waals surface area contributed by atoms with Gasteiger partial charge in [0.25, 0.3) is 0 Å². The van der Waals surface area contributed by atoms with Gasteiger partial charge in [-0.3, -0.25) is 0 Å². The van der Waals surface area contributed by atoms with Gasteiger partial charge < -0.3 is 0 Å². The van der Waals surface area contributed by atoms with Crippen molar-refractivity contribution >= 4 is 55.6 Å². The molecule has 0 N–H and O–H groups in total. The first-order valence-corrected chi connectivity index (χ1v) is 20.9. The molecule has 56 heavy (non-hydrogen) atoms. The summed E-state index contributed by atoms with van der Waals surface area (Å²) in [6.45, 7) is 0. The van der Waals surface area contributed by atoms with E-state index in [0.717, 1.165) is 5.69 Å². The molecule has 0 amide bonds. The van der Waals surface area contributed by atoms with Gasteiger partial charge in [0.15, 0.2) is 0 Å². The van der Waals surface area contributed by atoms with Crippen LogP contribution in [-0.2, 0) is 0 Å². The molecule has 9 aromatic carbocycles. The molecule has 11 aromatic rings. The van der Waals surface area contributed by atoms with Gasteiger partial charge >= 0.3 is 292 Å². The van der Waals surface area contributed by atoms with Crippen molar-refractivity contribution in [1.82, 2.24) is 4.57 Å². The number of nitrogens with zero attached hydrogens (tertiary/aromatic N) is 1. The molecule has 1 nitrogen and oxygen atoms in total. The van der Waals surface area contributed by atoms with Crippen LogP contribution in [0.25, 0.3) is 102 Å². The van der Waals surface area contributed by atoms with E-state index in [9.17, 15) is 0 Å². The molecule has 2 aromatic heterocycles. The van der Waals surface area contributed by atoms with E-state index in [1.165, 1.54) is 96.7 Å². The third-order valence-electron chi connectivity index (χ3n) is 11.2. The summed E-state index contributed by atoms with van der Waals surface area (Å²) in [5.41, 5.74) is 15.9. The first kappa shape index (κ1) is 32.7. The van der Waals surface area contributed by atoms with Crippen molar-refractivity contribution in [2.24, 2.45) is 0 Å².